The van der Waals surface area contributed by atoms with E-state index in [1.807, 2.05) is 20.8 Å². The highest BCUT2D eigenvalue weighted by Crippen LogP contribution is 2.21. The van der Waals surface area contributed by atoms with Gasteiger partial charge in [0.05, 0.1) is 5.69 Å². The van der Waals surface area contributed by atoms with E-state index in [4.69, 9.17) is 4.52 Å². The van der Waals surface area contributed by atoms with Gasteiger partial charge in [-0.2, -0.15) is 0 Å². The molecule has 0 fully saturated rings. The first-order valence-electron chi connectivity index (χ1n) is 8.36. The number of carbonyl (C=O) groups is 2. The van der Waals surface area contributed by atoms with Crippen molar-refractivity contribution < 1.29 is 19.2 Å². The van der Waals surface area contributed by atoms with E-state index in [1.54, 1.807) is 20.8 Å². The third-order valence-electron chi connectivity index (χ3n) is 3.85. The number of carbonyl (C=O) groups excluding carboxylic acids is 2. The number of anilines is 1. The number of nitrogens with one attached hydrogen (secondary N) is 2. The maximum atomic E-state index is 12.5. The Labute approximate surface area is 143 Å². The number of aryl methyl sites for hydroxylation is 1. The molecule has 1 aromatic rings. The van der Waals surface area contributed by atoms with Gasteiger partial charge in [0, 0.05) is 5.56 Å². The van der Waals surface area contributed by atoms with E-state index in [9.17, 15) is 14.7 Å². The normalized spacial score (nSPS) is 14.1. The van der Waals surface area contributed by atoms with Gasteiger partial charge in [0.25, 0.3) is 0 Å². The van der Waals surface area contributed by atoms with Gasteiger partial charge < -0.3 is 14.9 Å². The molecule has 0 saturated heterocycles. The number of aliphatic hydroxyl groups is 1. The zero-order valence-corrected chi connectivity index (χ0v) is 15.4. The molecule has 7 heteroatoms. The van der Waals surface area contributed by atoms with E-state index in [-0.39, 0.29) is 5.91 Å². The summed E-state index contributed by atoms with van der Waals surface area (Å²) in [6.07, 6.45) is 0.657. The molecule has 1 rings (SSSR count). The Bertz CT molecular complexity index is 575. The van der Waals surface area contributed by atoms with Gasteiger partial charge in [-0.15, -0.1) is 0 Å². The fraction of sp³-hybridized carbons (Fsp3) is 0.706. The fourth-order valence-electron chi connectivity index (χ4n) is 2.30. The summed E-state index contributed by atoms with van der Waals surface area (Å²) in [5.74, 6) is -0.621. The molecule has 0 aromatic carbocycles. The third kappa shape index (κ3) is 5.06. The van der Waals surface area contributed by atoms with E-state index in [1.165, 1.54) is 0 Å². The van der Waals surface area contributed by atoms with Crippen LogP contribution in [0.4, 0.5) is 5.88 Å². The molecule has 0 aliphatic rings. The summed E-state index contributed by atoms with van der Waals surface area (Å²) in [6.45, 7) is 11.0. The Morgan fingerprint density at radius 1 is 1.25 bits per heavy atom. The molecule has 2 amide bonds. The number of aromatic nitrogens is 1. The second-order valence-corrected chi connectivity index (χ2v) is 7.04. The molecule has 1 heterocycles. The lowest BCUT2D eigenvalue weighted by molar-refractivity contribution is -0.137. The third-order valence-corrected chi connectivity index (χ3v) is 3.85. The van der Waals surface area contributed by atoms with Crippen LogP contribution >= 0.6 is 0 Å². The van der Waals surface area contributed by atoms with Gasteiger partial charge in [-0.05, 0) is 25.2 Å². The minimum Gasteiger partial charge on any atom is -0.383 e. The number of hydrogen-bond donors (Lipinski definition) is 3. The molecule has 0 radical (unpaired) electrons. The van der Waals surface area contributed by atoms with Crippen LogP contribution < -0.4 is 10.6 Å². The van der Waals surface area contributed by atoms with Gasteiger partial charge in [-0.3, -0.25) is 14.9 Å². The molecule has 24 heavy (non-hydrogen) atoms. The molecule has 0 aliphatic carbocycles. The first kappa shape index (κ1) is 20.2. The van der Waals surface area contributed by atoms with Crippen molar-refractivity contribution in [2.75, 3.05) is 5.32 Å². The quantitative estimate of drug-likeness (QED) is 0.706. The molecule has 7 nitrogen and oxygen atoms in total. The SMILES string of the molecule is CCCC(NC(=O)C(O)C(C)(C)C)C(=O)Nc1onc(C)c1CC. The number of aliphatic hydroxyl groups excluding tert-OH is 1. The topological polar surface area (TPSA) is 104 Å². The fourth-order valence-corrected chi connectivity index (χ4v) is 2.30. The Kier molecular flexibility index (Phi) is 6.95. The summed E-state index contributed by atoms with van der Waals surface area (Å²) in [7, 11) is 0. The summed E-state index contributed by atoms with van der Waals surface area (Å²) in [6, 6.07) is -0.741. The zero-order valence-electron chi connectivity index (χ0n) is 15.4. The second-order valence-electron chi connectivity index (χ2n) is 7.04. The lowest BCUT2D eigenvalue weighted by Gasteiger charge is -2.27. The number of hydrogen-bond acceptors (Lipinski definition) is 5. The number of amides is 2. The van der Waals surface area contributed by atoms with E-state index in [0.717, 1.165) is 11.3 Å². The molecule has 0 saturated carbocycles. The Balaban J connectivity index is 2.83. The van der Waals surface area contributed by atoms with Crippen LogP contribution in [0.15, 0.2) is 4.52 Å². The van der Waals surface area contributed by atoms with Crippen molar-refractivity contribution >= 4 is 17.7 Å². The van der Waals surface area contributed by atoms with Crippen molar-refractivity contribution in [1.29, 1.82) is 0 Å². The minimum absolute atomic E-state index is 0.312. The van der Waals surface area contributed by atoms with Crippen LogP contribution in [0.3, 0.4) is 0 Å². The van der Waals surface area contributed by atoms with Crippen molar-refractivity contribution in [2.45, 2.75) is 73.0 Å². The van der Waals surface area contributed by atoms with Crippen LogP contribution in [0.2, 0.25) is 0 Å². The first-order valence-corrected chi connectivity index (χ1v) is 8.36. The van der Waals surface area contributed by atoms with Crippen LogP contribution in [0, 0.1) is 12.3 Å². The van der Waals surface area contributed by atoms with Crippen molar-refractivity contribution in [3.63, 3.8) is 0 Å². The van der Waals surface area contributed by atoms with Gasteiger partial charge in [0.1, 0.15) is 12.1 Å². The molecule has 2 unspecified atom stereocenters. The standard InChI is InChI=1S/C17H29N3O4/c1-7-9-12(18-15(23)13(21)17(4,5)6)14(22)19-16-11(8-2)10(3)20-24-16/h12-13,21H,7-9H2,1-6H3,(H,18,23)(H,19,22). The van der Waals surface area contributed by atoms with Crippen LogP contribution in [0.1, 0.15) is 58.7 Å². The van der Waals surface area contributed by atoms with Gasteiger partial charge in [-0.25, -0.2) is 0 Å². The summed E-state index contributed by atoms with van der Waals surface area (Å²) in [4.78, 5) is 24.7. The predicted octanol–water partition coefficient (Wildman–Crippen LogP) is 2.18. The molecular formula is C17H29N3O4. The summed E-state index contributed by atoms with van der Waals surface area (Å²) < 4.78 is 5.15. The Hall–Kier alpha value is -1.89. The van der Waals surface area contributed by atoms with E-state index in [2.05, 4.69) is 15.8 Å². The number of nitrogens with zero attached hydrogens (tertiary/aromatic N) is 1. The van der Waals surface area contributed by atoms with Crippen molar-refractivity contribution in [3.05, 3.63) is 11.3 Å². The summed E-state index contributed by atoms with van der Waals surface area (Å²) >= 11 is 0. The monoisotopic (exact) mass is 339 g/mol. The molecular weight excluding hydrogens is 310 g/mol. The van der Waals surface area contributed by atoms with E-state index < -0.39 is 23.5 Å². The maximum Gasteiger partial charge on any atom is 0.250 e. The highest BCUT2D eigenvalue weighted by molar-refractivity contribution is 5.97. The van der Waals surface area contributed by atoms with E-state index in [0.29, 0.717) is 25.1 Å². The average Bonchev–Trinajstić information content (AvgIpc) is 2.84. The molecule has 2 atom stereocenters. The van der Waals surface area contributed by atoms with Crippen LogP contribution in [0.5, 0.6) is 0 Å². The van der Waals surface area contributed by atoms with Gasteiger partial charge in [-0.1, -0.05) is 46.2 Å². The number of rotatable bonds is 7. The van der Waals surface area contributed by atoms with Gasteiger partial charge in [0.15, 0.2) is 0 Å². The summed E-state index contributed by atoms with van der Waals surface area (Å²) in [5, 5.41) is 19.2. The van der Waals surface area contributed by atoms with Gasteiger partial charge >= 0.3 is 0 Å². The highest BCUT2D eigenvalue weighted by Gasteiger charge is 2.32. The zero-order chi connectivity index (χ0) is 18.5. The maximum absolute atomic E-state index is 12.5. The Morgan fingerprint density at radius 3 is 2.38 bits per heavy atom. The van der Waals surface area contributed by atoms with Crippen molar-refractivity contribution in [3.8, 4) is 0 Å². The molecule has 0 aliphatic heterocycles. The Morgan fingerprint density at radius 2 is 1.88 bits per heavy atom. The first-order chi connectivity index (χ1) is 11.1. The molecule has 136 valence electrons. The lowest BCUT2D eigenvalue weighted by Crippen LogP contribution is -2.50. The van der Waals surface area contributed by atoms with Crippen molar-refractivity contribution in [2.24, 2.45) is 5.41 Å². The lowest BCUT2D eigenvalue weighted by atomic mass is 9.88. The van der Waals surface area contributed by atoms with Crippen LogP contribution in [0.25, 0.3) is 0 Å². The molecule has 1 aromatic heterocycles. The second kappa shape index (κ2) is 8.28. The van der Waals surface area contributed by atoms with E-state index >= 15 is 0 Å². The molecule has 0 spiro atoms. The smallest absolute Gasteiger partial charge is 0.250 e. The van der Waals surface area contributed by atoms with Gasteiger partial charge in [0.2, 0.25) is 17.7 Å². The molecule has 0 bridgehead atoms. The average molecular weight is 339 g/mol. The highest BCUT2D eigenvalue weighted by atomic mass is 16.5. The summed E-state index contributed by atoms with van der Waals surface area (Å²) in [5.41, 5.74) is 0.959. The van der Waals surface area contributed by atoms with Crippen molar-refractivity contribution in [1.82, 2.24) is 10.5 Å². The van der Waals surface area contributed by atoms with Crippen LogP contribution in [-0.2, 0) is 16.0 Å². The minimum atomic E-state index is -1.19. The predicted molar refractivity (Wildman–Crippen MR) is 91.5 cm³/mol. The molecule has 3 N–H and O–H groups in total. The van der Waals surface area contributed by atoms with Crippen LogP contribution in [-0.4, -0.2) is 34.2 Å². The largest absolute Gasteiger partial charge is 0.383 e.